The van der Waals surface area contributed by atoms with Crippen molar-refractivity contribution in [3.63, 3.8) is 0 Å². The lowest BCUT2D eigenvalue weighted by Gasteiger charge is -2.16. The third-order valence-electron chi connectivity index (χ3n) is 2.78. The van der Waals surface area contributed by atoms with Crippen LogP contribution < -0.4 is 5.32 Å². The van der Waals surface area contributed by atoms with Crippen LogP contribution in [0.2, 0.25) is 5.22 Å². The van der Waals surface area contributed by atoms with Gasteiger partial charge in [-0.15, -0.1) is 0 Å². The van der Waals surface area contributed by atoms with Crippen LogP contribution in [-0.4, -0.2) is 19.0 Å². The molecule has 1 aromatic heterocycles. The van der Waals surface area contributed by atoms with Gasteiger partial charge in [0, 0.05) is 5.56 Å². The van der Waals surface area contributed by atoms with Crippen molar-refractivity contribution in [1.82, 2.24) is 5.32 Å². The molecule has 8 heteroatoms. The Bertz CT molecular complexity index is 717. The van der Waals surface area contributed by atoms with Crippen molar-refractivity contribution in [2.24, 2.45) is 0 Å². The van der Waals surface area contributed by atoms with E-state index in [1.807, 2.05) is 0 Å². The fourth-order valence-corrected chi connectivity index (χ4v) is 1.90. The summed E-state index contributed by atoms with van der Waals surface area (Å²) in [6.45, 7) is 0. The van der Waals surface area contributed by atoms with Gasteiger partial charge < -0.3 is 14.5 Å². The molecule has 1 atom stereocenters. The number of esters is 1. The van der Waals surface area contributed by atoms with Gasteiger partial charge in [0.05, 0.1) is 7.11 Å². The van der Waals surface area contributed by atoms with Crippen molar-refractivity contribution in [3.05, 3.63) is 58.5 Å². The van der Waals surface area contributed by atoms with E-state index in [1.165, 1.54) is 12.1 Å². The Morgan fingerprint density at radius 3 is 2.59 bits per heavy atom. The lowest BCUT2D eigenvalue weighted by molar-refractivity contribution is -0.143. The zero-order valence-electron chi connectivity index (χ0n) is 11.2. The molecule has 0 aliphatic rings. The highest BCUT2D eigenvalue weighted by Crippen LogP contribution is 2.21. The van der Waals surface area contributed by atoms with Crippen LogP contribution in [0.1, 0.15) is 22.2 Å². The number of methoxy groups -OCH3 is 1. The number of benzene rings is 1. The van der Waals surface area contributed by atoms with Crippen molar-refractivity contribution < 1.29 is 27.5 Å². The molecule has 2 rings (SSSR count). The summed E-state index contributed by atoms with van der Waals surface area (Å²) in [6.07, 6.45) is 0. The highest BCUT2D eigenvalue weighted by Gasteiger charge is 2.28. The van der Waals surface area contributed by atoms with Crippen LogP contribution in [0.5, 0.6) is 0 Å². The van der Waals surface area contributed by atoms with Crippen LogP contribution in [0.25, 0.3) is 0 Å². The van der Waals surface area contributed by atoms with Gasteiger partial charge in [-0.3, -0.25) is 4.79 Å². The van der Waals surface area contributed by atoms with E-state index in [9.17, 15) is 18.4 Å². The van der Waals surface area contributed by atoms with Crippen LogP contribution in [0.15, 0.2) is 34.7 Å². The number of carbonyl (C=O) groups excluding carboxylic acids is 2. The molecule has 2 aromatic rings. The molecule has 0 aliphatic heterocycles. The Morgan fingerprint density at radius 1 is 1.27 bits per heavy atom. The molecule has 0 bridgehead atoms. The average Bonchev–Trinajstić information content (AvgIpc) is 2.93. The van der Waals surface area contributed by atoms with Gasteiger partial charge in [-0.25, -0.2) is 13.6 Å². The van der Waals surface area contributed by atoms with E-state index in [0.29, 0.717) is 0 Å². The van der Waals surface area contributed by atoms with Crippen LogP contribution >= 0.6 is 11.6 Å². The van der Waals surface area contributed by atoms with Gasteiger partial charge in [-0.05, 0) is 41.9 Å². The Morgan fingerprint density at radius 2 is 2.00 bits per heavy atom. The molecule has 0 radical (unpaired) electrons. The highest BCUT2D eigenvalue weighted by molar-refractivity contribution is 6.29. The molecule has 0 fully saturated rings. The number of carbonyl (C=O) groups is 2. The number of nitrogens with one attached hydrogen (secondary N) is 1. The maximum absolute atomic E-state index is 13.8. The molecule has 1 aromatic carbocycles. The summed E-state index contributed by atoms with van der Waals surface area (Å²) in [5.41, 5.74) is -0.363. The van der Waals surface area contributed by atoms with Gasteiger partial charge in [-0.1, -0.05) is 0 Å². The van der Waals surface area contributed by atoms with E-state index in [2.05, 4.69) is 10.1 Å². The standard InChI is InChI=1S/C14H10ClF2NO4/c1-21-14(20)12(8-6-7(16)2-3-9(8)17)18-13(19)10-4-5-11(15)22-10/h2-6,12H,1H3,(H,18,19)/t12-/m0/s1. The van der Waals surface area contributed by atoms with Gasteiger partial charge in [0.25, 0.3) is 5.91 Å². The van der Waals surface area contributed by atoms with Gasteiger partial charge in [0.2, 0.25) is 0 Å². The minimum atomic E-state index is -1.53. The zero-order valence-corrected chi connectivity index (χ0v) is 12.0. The van der Waals surface area contributed by atoms with E-state index in [0.717, 1.165) is 25.3 Å². The number of furan rings is 1. The van der Waals surface area contributed by atoms with Crippen LogP contribution in [0, 0.1) is 11.6 Å². The molecule has 116 valence electrons. The summed E-state index contributed by atoms with van der Waals surface area (Å²) in [4.78, 5) is 23.7. The Balaban J connectivity index is 2.33. The smallest absolute Gasteiger partial charge is 0.333 e. The Hall–Kier alpha value is -2.41. The molecule has 1 N–H and O–H groups in total. The number of hydrogen-bond donors (Lipinski definition) is 1. The second-order valence-corrected chi connectivity index (χ2v) is 4.57. The monoisotopic (exact) mass is 329 g/mol. The Kier molecular flexibility index (Phi) is 4.77. The topological polar surface area (TPSA) is 68.5 Å². The molecule has 0 aliphatic carbocycles. The SMILES string of the molecule is COC(=O)[C@@H](NC(=O)c1ccc(Cl)o1)c1cc(F)ccc1F. The number of rotatable bonds is 4. The van der Waals surface area contributed by atoms with Crippen molar-refractivity contribution in [2.75, 3.05) is 7.11 Å². The summed E-state index contributed by atoms with van der Waals surface area (Å²) in [7, 11) is 1.06. The summed E-state index contributed by atoms with van der Waals surface area (Å²) in [5.74, 6) is -3.60. The van der Waals surface area contributed by atoms with Gasteiger partial charge in [-0.2, -0.15) is 0 Å². The van der Waals surface area contributed by atoms with Crippen LogP contribution in [-0.2, 0) is 9.53 Å². The lowest BCUT2D eigenvalue weighted by atomic mass is 10.1. The van der Waals surface area contributed by atoms with Crippen molar-refractivity contribution >= 4 is 23.5 Å². The van der Waals surface area contributed by atoms with Crippen LogP contribution in [0.4, 0.5) is 8.78 Å². The predicted molar refractivity (Wildman–Crippen MR) is 72.3 cm³/mol. The number of ether oxygens (including phenoxy) is 1. The quantitative estimate of drug-likeness (QED) is 0.876. The largest absolute Gasteiger partial charge is 0.467 e. The van der Waals surface area contributed by atoms with Gasteiger partial charge >= 0.3 is 5.97 Å². The van der Waals surface area contributed by atoms with E-state index >= 15 is 0 Å². The molecule has 5 nitrogen and oxygen atoms in total. The highest BCUT2D eigenvalue weighted by atomic mass is 35.5. The molecule has 22 heavy (non-hydrogen) atoms. The Labute approximate surface area is 128 Å². The normalized spacial score (nSPS) is 11.8. The molecule has 1 heterocycles. The first-order valence-electron chi connectivity index (χ1n) is 6.01. The van der Waals surface area contributed by atoms with Crippen molar-refractivity contribution in [3.8, 4) is 0 Å². The van der Waals surface area contributed by atoms with E-state index in [1.54, 1.807) is 0 Å². The first kappa shape index (κ1) is 16.0. The summed E-state index contributed by atoms with van der Waals surface area (Å²) in [5, 5.41) is 2.18. The van der Waals surface area contributed by atoms with E-state index < -0.39 is 29.6 Å². The minimum Gasteiger partial charge on any atom is -0.467 e. The van der Waals surface area contributed by atoms with Crippen molar-refractivity contribution in [2.45, 2.75) is 6.04 Å². The fourth-order valence-electron chi connectivity index (χ4n) is 1.76. The predicted octanol–water partition coefficient (Wildman–Crippen LogP) is 2.86. The zero-order chi connectivity index (χ0) is 16.3. The molecule has 0 saturated heterocycles. The average molecular weight is 330 g/mol. The molecular weight excluding hydrogens is 320 g/mol. The van der Waals surface area contributed by atoms with Gasteiger partial charge in [0.1, 0.15) is 11.6 Å². The summed E-state index contributed by atoms with van der Waals surface area (Å²) >= 11 is 5.55. The molecule has 1 amide bonds. The summed E-state index contributed by atoms with van der Waals surface area (Å²) < 4.78 is 36.5. The van der Waals surface area contributed by atoms with Crippen molar-refractivity contribution in [1.29, 1.82) is 0 Å². The number of amides is 1. The van der Waals surface area contributed by atoms with E-state index in [-0.39, 0.29) is 16.5 Å². The lowest BCUT2D eigenvalue weighted by Crippen LogP contribution is -2.35. The second-order valence-electron chi connectivity index (χ2n) is 4.20. The fraction of sp³-hybridized carbons (Fsp3) is 0.143. The van der Waals surface area contributed by atoms with Crippen LogP contribution in [0.3, 0.4) is 0 Å². The third-order valence-corrected chi connectivity index (χ3v) is 2.98. The summed E-state index contributed by atoms with van der Waals surface area (Å²) in [6, 6.07) is 3.60. The third kappa shape index (κ3) is 3.43. The molecule has 0 unspecified atom stereocenters. The van der Waals surface area contributed by atoms with Gasteiger partial charge in [0.15, 0.2) is 17.0 Å². The van der Waals surface area contributed by atoms with E-state index in [4.69, 9.17) is 16.0 Å². The maximum atomic E-state index is 13.8. The second kappa shape index (κ2) is 6.57. The molecule has 0 saturated carbocycles. The number of halogens is 3. The molecular formula is C14H10ClF2NO4. The minimum absolute atomic E-state index is 0.0308. The first-order chi connectivity index (χ1) is 10.4. The first-order valence-corrected chi connectivity index (χ1v) is 6.39. The molecule has 0 spiro atoms. The number of hydrogen-bond acceptors (Lipinski definition) is 4. The maximum Gasteiger partial charge on any atom is 0.333 e.